The number of nitriles is 1. The number of aromatic amines is 1. The van der Waals surface area contributed by atoms with Gasteiger partial charge in [0.15, 0.2) is 5.82 Å². The second-order valence-corrected chi connectivity index (χ2v) is 12.5. The number of alkyl carbamates (subject to hydrolysis) is 1. The fourth-order valence-corrected chi connectivity index (χ4v) is 6.70. The van der Waals surface area contributed by atoms with Gasteiger partial charge in [-0.15, -0.1) is 5.10 Å². The van der Waals surface area contributed by atoms with Crippen molar-refractivity contribution < 1.29 is 19.1 Å². The van der Waals surface area contributed by atoms with E-state index >= 15 is 0 Å². The van der Waals surface area contributed by atoms with Gasteiger partial charge in [0.1, 0.15) is 17.7 Å². The van der Waals surface area contributed by atoms with E-state index in [1.807, 2.05) is 41.0 Å². The number of tetrazole rings is 1. The first-order chi connectivity index (χ1) is 19.5. The molecule has 41 heavy (non-hydrogen) atoms. The number of nitrogens with one attached hydrogen (secondary N) is 2. The Morgan fingerprint density at radius 1 is 1.22 bits per heavy atom. The lowest BCUT2D eigenvalue weighted by molar-refractivity contribution is -0.141. The monoisotopic (exact) mass is 561 g/mol. The molecule has 1 aromatic heterocycles. The van der Waals surface area contributed by atoms with Gasteiger partial charge in [0.2, 0.25) is 11.8 Å². The lowest BCUT2D eigenvalue weighted by atomic mass is 10.0. The van der Waals surface area contributed by atoms with Crippen LogP contribution in [0.5, 0.6) is 0 Å². The van der Waals surface area contributed by atoms with Gasteiger partial charge in [0.25, 0.3) is 0 Å². The summed E-state index contributed by atoms with van der Waals surface area (Å²) in [5.41, 5.74) is 1.13. The van der Waals surface area contributed by atoms with Crippen molar-refractivity contribution in [3.8, 4) is 17.5 Å². The maximum atomic E-state index is 13.8. The first-order valence-electron chi connectivity index (χ1n) is 14.2. The normalized spacial score (nSPS) is 28.3. The highest BCUT2D eigenvalue weighted by Crippen LogP contribution is 2.48. The quantitative estimate of drug-likeness (QED) is 0.512. The highest BCUT2D eigenvalue weighted by molar-refractivity contribution is 5.89. The number of hydrogen-bond acceptors (Lipinski definition) is 9. The summed E-state index contributed by atoms with van der Waals surface area (Å²) in [7, 11) is 0. The largest absolute Gasteiger partial charge is 0.444 e. The van der Waals surface area contributed by atoms with Crippen LogP contribution in [0.1, 0.15) is 58.6 Å². The number of piperazine rings is 1. The van der Waals surface area contributed by atoms with Crippen LogP contribution in [0.25, 0.3) is 11.4 Å². The van der Waals surface area contributed by atoms with Crippen LogP contribution in [0.15, 0.2) is 24.3 Å². The maximum Gasteiger partial charge on any atom is 0.408 e. The van der Waals surface area contributed by atoms with Crippen LogP contribution in [-0.4, -0.2) is 102 Å². The average molecular weight is 562 g/mol. The van der Waals surface area contributed by atoms with Crippen LogP contribution in [0.4, 0.5) is 4.79 Å². The molecule has 3 amide bonds. The number of likely N-dealkylation sites (tertiary alicyclic amines) is 3. The number of hydrogen-bond donors (Lipinski definition) is 2. The number of nitrogens with zero attached hydrogens (tertiary/aromatic N) is 7. The third kappa shape index (κ3) is 5.12. The predicted molar refractivity (Wildman–Crippen MR) is 145 cm³/mol. The highest BCUT2D eigenvalue weighted by atomic mass is 16.6. The van der Waals surface area contributed by atoms with Gasteiger partial charge in [-0.05, 0) is 68.9 Å². The topological polar surface area (TPSA) is 160 Å². The second kappa shape index (κ2) is 10.1. The van der Waals surface area contributed by atoms with E-state index in [2.05, 4.69) is 32.0 Å². The van der Waals surface area contributed by atoms with Gasteiger partial charge in [-0.25, -0.2) is 9.89 Å². The zero-order valence-corrected chi connectivity index (χ0v) is 23.6. The Bertz CT molecular complexity index is 1370. The van der Waals surface area contributed by atoms with E-state index in [1.165, 1.54) is 0 Å². The predicted octanol–water partition coefficient (Wildman–Crippen LogP) is 1.62. The van der Waals surface area contributed by atoms with E-state index in [1.54, 1.807) is 25.7 Å². The van der Waals surface area contributed by atoms with Crippen molar-refractivity contribution in [3.05, 3.63) is 29.8 Å². The minimum absolute atomic E-state index is 0.00983. The number of fused-ring (bicyclic) bond motifs is 3. The Kier molecular flexibility index (Phi) is 6.68. The zero-order chi connectivity index (χ0) is 29.1. The third-order valence-corrected chi connectivity index (χ3v) is 8.66. The van der Waals surface area contributed by atoms with E-state index in [9.17, 15) is 19.6 Å². The van der Waals surface area contributed by atoms with Crippen LogP contribution in [0.3, 0.4) is 0 Å². The summed E-state index contributed by atoms with van der Waals surface area (Å²) in [6, 6.07) is 8.18. The van der Waals surface area contributed by atoms with E-state index in [4.69, 9.17) is 4.74 Å². The minimum Gasteiger partial charge on any atom is -0.444 e. The Labute approximate surface area is 238 Å². The summed E-state index contributed by atoms with van der Waals surface area (Å²) < 4.78 is 5.46. The highest BCUT2D eigenvalue weighted by Gasteiger charge is 2.56. The zero-order valence-electron chi connectivity index (χ0n) is 23.6. The summed E-state index contributed by atoms with van der Waals surface area (Å²) in [5.74, 6) is 0.660. The lowest BCUT2D eigenvalue weighted by Gasteiger charge is -2.39. The first-order valence-corrected chi connectivity index (χ1v) is 14.2. The smallest absolute Gasteiger partial charge is 0.408 e. The molecule has 1 aliphatic carbocycles. The molecular weight excluding hydrogens is 526 g/mol. The van der Waals surface area contributed by atoms with E-state index in [0.717, 1.165) is 17.5 Å². The third-order valence-electron chi connectivity index (χ3n) is 8.66. The van der Waals surface area contributed by atoms with Crippen LogP contribution in [0.2, 0.25) is 0 Å². The summed E-state index contributed by atoms with van der Waals surface area (Å²) in [6.45, 7) is 8.08. The number of H-pyrrole nitrogens is 1. The lowest BCUT2D eigenvalue weighted by Crippen LogP contribution is -2.59. The van der Waals surface area contributed by atoms with Crippen molar-refractivity contribution in [2.45, 2.75) is 88.8 Å². The van der Waals surface area contributed by atoms with Crippen LogP contribution < -0.4 is 5.32 Å². The maximum absolute atomic E-state index is 13.8. The van der Waals surface area contributed by atoms with Gasteiger partial charge in [-0.3, -0.25) is 14.5 Å². The SMILES string of the molecule is CC(c1ccc(-c2nnn[nH]2)cc1)N1C(=O)C2C[C@H]1CN2CC(NC(=O)OC(C)(C)C)C(=O)N1C(C#N)C[C@@H]2C[C@@H]21. The molecule has 2 bridgehead atoms. The van der Waals surface area contributed by atoms with Crippen molar-refractivity contribution >= 4 is 17.9 Å². The number of amides is 3. The summed E-state index contributed by atoms with van der Waals surface area (Å²) in [6.07, 6.45) is 1.53. The van der Waals surface area contributed by atoms with Crippen molar-refractivity contribution in [1.29, 1.82) is 5.26 Å². The molecule has 216 valence electrons. The number of ether oxygens (including phenoxy) is 1. The number of aromatic nitrogens is 4. The second-order valence-electron chi connectivity index (χ2n) is 12.5. The number of carbonyl (C=O) groups is 3. The molecule has 2 aromatic rings. The number of piperidine rings is 1. The van der Waals surface area contributed by atoms with E-state index in [0.29, 0.717) is 31.1 Å². The molecule has 4 heterocycles. The van der Waals surface area contributed by atoms with Crippen LogP contribution in [-0.2, 0) is 14.3 Å². The van der Waals surface area contributed by atoms with Gasteiger partial charge >= 0.3 is 6.09 Å². The standard InChI is InChI=1S/C28H35N9O4/c1-15(16-5-7-17(8-6-16)24-31-33-34-32-24)36-20-11-23(26(36)39)35(13-20)14-21(30-27(40)41-28(2,3)4)25(38)37-19(12-29)9-18-10-22(18)37/h5-8,15,18-23H,9-11,13-14H2,1-4H3,(H,30,40)(H,31,32,33,34)/t15?,18-,19?,20+,21?,22+,23?/m1/s1. The van der Waals surface area contributed by atoms with Crippen molar-refractivity contribution in [2.24, 2.45) is 5.92 Å². The number of benzene rings is 1. The molecule has 4 aliphatic rings. The minimum atomic E-state index is -0.920. The van der Waals surface area contributed by atoms with Gasteiger partial charge in [-0.1, -0.05) is 24.3 Å². The molecule has 2 N–H and O–H groups in total. The fourth-order valence-electron chi connectivity index (χ4n) is 6.70. The molecule has 13 heteroatoms. The van der Waals surface area contributed by atoms with E-state index in [-0.39, 0.29) is 42.5 Å². The van der Waals surface area contributed by atoms with Crippen molar-refractivity contribution in [3.63, 3.8) is 0 Å². The van der Waals surface area contributed by atoms with Gasteiger partial charge in [-0.2, -0.15) is 5.26 Å². The summed E-state index contributed by atoms with van der Waals surface area (Å²) in [5, 5.41) is 26.3. The number of rotatable bonds is 7. The van der Waals surface area contributed by atoms with Gasteiger partial charge < -0.3 is 19.9 Å². The van der Waals surface area contributed by atoms with Crippen LogP contribution in [0, 0.1) is 17.2 Å². The van der Waals surface area contributed by atoms with Gasteiger partial charge in [0.05, 0.1) is 18.2 Å². The Morgan fingerprint density at radius 3 is 2.61 bits per heavy atom. The molecule has 3 saturated heterocycles. The molecule has 0 spiro atoms. The molecule has 1 saturated carbocycles. The molecule has 7 atom stereocenters. The first kappa shape index (κ1) is 27.1. The Balaban J connectivity index is 1.15. The Hall–Kier alpha value is -4.05. The summed E-state index contributed by atoms with van der Waals surface area (Å²) in [4.78, 5) is 45.7. The fraction of sp³-hybridized carbons (Fsp3) is 0.607. The van der Waals surface area contributed by atoms with Gasteiger partial charge in [0, 0.05) is 30.7 Å². The van der Waals surface area contributed by atoms with Crippen LogP contribution >= 0.6 is 0 Å². The molecule has 4 fully saturated rings. The molecule has 13 nitrogen and oxygen atoms in total. The average Bonchev–Trinajstić information content (AvgIpc) is 3.36. The molecule has 1 aromatic carbocycles. The summed E-state index contributed by atoms with van der Waals surface area (Å²) >= 11 is 0. The van der Waals surface area contributed by atoms with Crippen molar-refractivity contribution in [2.75, 3.05) is 13.1 Å². The molecule has 3 aliphatic heterocycles. The molecule has 6 rings (SSSR count). The molecular formula is C28H35N9O4. The van der Waals surface area contributed by atoms with Crippen molar-refractivity contribution in [1.82, 2.24) is 40.6 Å². The number of carbonyl (C=O) groups excluding carboxylic acids is 3. The molecule has 0 radical (unpaired) electrons. The van der Waals surface area contributed by atoms with E-state index < -0.39 is 23.8 Å². The Morgan fingerprint density at radius 2 is 1.98 bits per heavy atom. The molecule has 4 unspecified atom stereocenters.